The average Bonchev–Trinajstić information content (AvgIpc) is 3.08. The number of amides is 1. The first-order chi connectivity index (χ1) is 14.5. The summed E-state index contributed by atoms with van der Waals surface area (Å²) in [7, 11) is 0. The summed E-state index contributed by atoms with van der Waals surface area (Å²) in [5.41, 5.74) is 1.33. The molecule has 1 aromatic carbocycles. The third-order valence-corrected chi connectivity index (χ3v) is 8.05. The second-order valence-electron chi connectivity index (χ2n) is 10.0. The fourth-order valence-electron chi connectivity index (χ4n) is 7.03. The number of furan rings is 1. The Morgan fingerprint density at radius 2 is 1.87 bits per heavy atom. The maximum atomic E-state index is 12.9. The third kappa shape index (κ3) is 2.72. The van der Waals surface area contributed by atoms with Gasteiger partial charge in [-0.2, -0.15) is 0 Å². The van der Waals surface area contributed by atoms with E-state index in [1.165, 1.54) is 49.4 Å². The zero-order valence-electron chi connectivity index (χ0n) is 17.3. The molecule has 1 N–H and O–H groups in total. The van der Waals surface area contributed by atoms with Gasteiger partial charge in [0.25, 0.3) is 5.56 Å². The van der Waals surface area contributed by atoms with Crippen molar-refractivity contribution in [2.75, 3.05) is 0 Å². The van der Waals surface area contributed by atoms with Crippen LogP contribution < -0.4 is 10.9 Å². The van der Waals surface area contributed by atoms with Crippen molar-refractivity contribution in [1.29, 1.82) is 0 Å². The minimum Gasteiger partial charge on any atom is -0.448 e. The summed E-state index contributed by atoms with van der Waals surface area (Å²) in [6, 6.07) is 7.60. The molecule has 0 radical (unpaired) electrons. The van der Waals surface area contributed by atoms with Gasteiger partial charge in [0.05, 0.1) is 6.33 Å². The van der Waals surface area contributed by atoms with E-state index in [2.05, 4.69) is 17.2 Å². The van der Waals surface area contributed by atoms with Gasteiger partial charge in [0.15, 0.2) is 0 Å². The molecule has 156 valence electrons. The topological polar surface area (TPSA) is 77.1 Å². The Kier molecular flexibility index (Phi) is 3.89. The summed E-state index contributed by atoms with van der Waals surface area (Å²) in [5.74, 6) is 2.41. The fraction of sp³-hybridized carbons (Fsp3) is 0.542. The summed E-state index contributed by atoms with van der Waals surface area (Å²) in [4.78, 5) is 30.1. The highest BCUT2D eigenvalue weighted by Gasteiger charge is 2.53. The second-order valence-corrected chi connectivity index (χ2v) is 10.0. The minimum atomic E-state index is -0.311. The van der Waals surface area contributed by atoms with Gasteiger partial charge in [-0.1, -0.05) is 12.1 Å². The minimum absolute atomic E-state index is 0.0322. The summed E-state index contributed by atoms with van der Waals surface area (Å²) in [6.45, 7) is 2.13. The van der Waals surface area contributed by atoms with Crippen molar-refractivity contribution < 1.29 is 9.21 Å². The molecule has 2 aromatic heterocycles. The third-order valence-electron chi connectivity index (χ3n) is 8.05. The molecule has 6 heteroatoms. The van der Waals surface area contributed by atoms with E-state index < -0.39 is 0 Å². The molecule has 1 amide bonds. The smallest absolute Gasteiger partial charge is 0.297 e. The predicted molar refractivity (Wildman–Crippen MR) is 114 cm³/mol. The van der Waals surface area contributed by atoms with E-state index in [1.807, 2.05) is 24.3 Å². The van der Waals surface area contributed by atoms with Gasteiger partial charge >= 0.3 is 0 Å². The van der Waals surface area contributed by atoms with Crippen LogP contribution in [0.4, 0.5) is 0 Å². The van der Waals surface area contributed by atoms with Crippen molar-refractivity contribution in [1.82, 2.24) is 14.9 Å². The highest BCUT2D eigenvalue weighted by molar-refractivity contribution is 6.01. The highest BCUT2D eigenvalue weighted by atomic mass is 16.3. The van der Waals surface area contributed by atoms with E-state index in [9.17, 15) is 9.59 Å². The normalized spacial score (nSPS) is 30.8. The van der Waals surface area contributed by atoms with Gasteiger partial charge in [-0.05, 0) is 80.8 Å². The van der Waals surface area contributed by atoms with Gasteiger partial charge < -0.3 is 9.73 Å². The quantitative estimate of drug-likeness (QED) is 0.715. The van der Waals surface area contributed by atoms with E-state index in [-0.39, 0.29) is 35.1 Å². The lowest BCUT2D eigenvalue weighted by Gasteiger charge is -2.59. The largest absolute Gasteiger partial charge is 0.448 e. The first-order valence-corrected chi connectivity index (χ1v) is 11.2. The molecule has 7 rings (SSSR count). The maximum absolute atomic E-state index is 12.9. The van der Waals surface area contributed by atoms with Crippen molar-refractivity contribution in [2.24, 2.45) is 23.2 Å². The van der Waals surface area contributed by atoms with Gasteiger partial charge in [-0.25, -0.2) is 4.98 Å². The van der Waals surface area contributed by atoms with Gasteiger partial charge in [-0.3, -0.25) is 14.2 Å². The van der Waals surface area contributed by atoms with Gasteiger partial charge in [0.2, 0.25) is 11.5 Å². The Labute approximate surface area is 174 Å². The molecule has 2 heterocycles. The molecule has 0 saturated heterocycles. The number of carbonyl (C=O) groups is 1. The van der Waals surface area contributed by atoms with Crippen LogP contribution in [0.1, 0.15) is 45.4 Å². The zero-order chi connectivity index (χ0) is 20.5. The number of hydrogen-bond acceptors (Lipinski definition) is 4. The van der Waals surface area contributed by atoms with Crippen molar-refractivity contribution in [3.05, 3.63) is 40.9 Å². The van der Waals surface area contributed by atoms with E-state index in [0.29, 0.717) is 11.1 Å². The molecular weight excluding hydrogens is 378 g/mol. The first kappa shape index (κ1) is 18.2. The molecule has 0 spiro atoms. The number of aromatic nitrogens is 2. The molecule has 4 saturated carbocycles. The monoisotopic (exact) mass is 405 g/mol. The van der Waals surface area contributed by atoms with Gasteiger partial charge in [0, 0.05) is 11.4 Å². The molecule has 6 nitrogen and oxygen atoms in total. The van der Waals surface area contributed by atoms with E-state index in [1.54, 1.807) is 0 Å². The van der Waals surface area contributed by atoms with Crippen molar-refractivity contribution in [3.8, 4) is 0 Å². The Bertz CT molecular complexity index is 1170. The molecule has 4 aliphatic rings. The summed E-state index contributed by atoms with van der Waals surface area (Å²) >= 11 is 0. The van der Waals surface area contributed by atoms with E-state index >= 15 is 0 Å². The summed E-state index contributed by atoms with van der Waals surface area (Å²) in [6.07, 6.45) is 9.35. The predicted octanol–water partition coefficient (Wildman–Crippen LogP) is 3.86. The molecular formula is C24H27N3O3. The molecule has 4 aliphatic carbocycles. The number of hydrogen-bond donors (Lipinski definition) is 1. The fourth-order valence-corrected chi connectivity index (χ4v) is 7.03. The molecule has 0 aliphatic heterocycles. The standard InChI is InChI=1S/C24H27N3O3/c1-14(24-9-15-6-16(10-24)8-17(7-15)11-24)26-20(28)12-27-13-25-21-18-4-2-3-5-19(18)30-22(21)23(27)29/h2-5,13-17H,6-12H2,1H3,(H,26,28). The van der Waals surface area contributed by atoms with Crippen LogP contribution in [-0.2, 0) is 11.3 Å². The highest BCUT2D eigenvalue weighted by Crippen LogP contribution is 2.61. The van der Waals surface area contributed by atoms with E-state index in [0.717, 1.165) is 23.1 Å². The maximum Gasteiger partial charge on any atom is 0.297 e. The van der Waals surface area contributed by atoms with Crippen LogP contribution in [0.2, 0.25) is 0 Å². The lowest BCUT2D eigenvalue weighted by molar-refractivity contribution is -0.126. The lowest BCUT2D eigenvalue weighted by atomic mass is 9.48. The Morgan fingerprint density at radius 1 is 1.20 bits per heavy atom. The molecule has 1 atom stereocenters. The molecule has 4 bridgehead atoms. The number of nitrogens with one attached hydrogen (secondary N) is 1. The number of nitrogens with zero attached hydrogens (tertiary/aromatic N) is 2. The summed E-state index contributed by atoms with van der Waals surface area (Å²) < 4.78 is 7.08. The lowest BCUT2D eigenvalue weighted by Crippen LogP contribution is -2.56. The Hall–Kier alpha value is -2.63. The number of para-hydroxylation sites is 1. The second kappa shape index (κ2) is 6.43. The van der Waals surface area contributed by atoms with Crippen LogP contribution in [0, 0.1) is 23.2 Å². The average molecular weight is 405 g/mol. The van der Waals surface area contributed by atoms with Crippen LogP contribution >= 0.6 is 0 Å². The van der Waals surface area contributed by atoms with Crippen molar-refractivity contribution >= 4 is 28.0 Å². The van der Waals surface area contributed by atoms with Crippen molar-refractivity contribution in [2.45, 2.75) is 58.0 Å². The molecule has 1 unspecified atom stereocenters. The number of fused-ring (bicyclic) bond motifs is 3. The molecule has 4 fully saturated rings. The van der Waals surface area contributed by atoms with Crippen LogP contribution in [-0.4, -0.2) is 21.5 Å². The van der Waals surface area contributed by atoms with Crippen molar-refractivity contribution in [3.63, 3.8) is 0 Å². The zero-order valence-corrected chi connectivity index (χ0v) is 17.3. The van der Waals surface area contributed by atoms with Crippen LogP contribution in [0.25, 0.3) is 22.1 Å². The SMILES string of the molecule is CC(NC(=O)Cn1cnc2c(oc3ccccc32)c1=O)C12CC3CC(CC(C3)C1)C2. The number of carbonyl (C=O) groups excluding carboxylic acids is 1. The molecule has 30 heavy (non-hydrogen) atoms. The van der Waals surface area contributed by atoms with Gasteiger partial charge in [-0.15, -0.1) is 0 Å². The number of rotatable bonds is 4. The van der Waals surface area contributed by atoms with Gasteiger partial charge in [0.1, 0.15) is 17.6 Å². The van der Waals surface area contributed by atoms with Crippen LogP contribution in [0.5, 0.6) is 0 Å². The first-order valence-electron chi connectivity index (χ1n) is 11.2. The van der Waals surface area contributed by atoms with Crippen LogP contribution in [0.15, 0.2) is 39.8 Å². The van der Waals surface area contributed by atoms with Crippen LogP contribution in [0.3, 0.4) is 0 Å². The Balaban J connectivity index is 1.22. The summed E-state index contributed by atoms with van der Waals surface area (Å²) in [5, 5.41) is 4.05. The Morgan fingerprint density at radius 3 is 2.57 bits per heavy atom. The van der Waals surface area contributed by atoms with E-state index in [4.69, 9.17) is 4.42 Å². The number of benzene rings is 1. The molecule has 3 aromatic rings.